The van der Waals surface area contributed by atoms with Gasteiger partial charge in [-0.1, -0.05) is 60.1 Å². The van der Waals surface area contributed by atoms with E-state index in [1.165, 1.54) is 12.1 Å². The van der Waals surface area contributed by atoms with E-state index in [9.17, 15) is 27.2 Å². The first kappa shape index (κ1) is 32.2. The first-order valence-corrected chi connectivity index (χ1v) is 14.1. The van der Waals surface area contributed by atoms with Crippen molar-refractivity contribution in [2.24, 2.45) is 0 Å². The molecular weight excluding hydrogens is 590 g/mol. The zero-order chi connectivity index (χ0) is 30.8. The molecule has 0 unspecified atom stereocenters. The summed E-state index contributed by atoms with van der Waals surface area (Å²) in [5.41, 5.74) is 2.57. The van der Waals surface area contributed by atoms with E-state index in [2.05, 4.69) is 10.6 Å². The molecule has 0 spiro atoms. The molecule has 1 aliphatic heterocycles. The maximum atomic E-state index is 14.9. The number of hydrogen-bond donors (Lipinski definition) is 3. The lowest BCUT2D eigenvalue weighted by molar-refractivity contribution is -0.124. The van der Waals surface area contributed by atoms with Gasteiger partial charge in [-0.05, 0) is 48.2 Å². The van der Waals surface area contributed by atoms with Crippen molar-refractivity contribution in [3.8, 4) is 0 Å². The zero-order valence-corrected chi connectivity index (χ0v) is 23.9. The number of alkyl halides is 3. The number of morpholine rings is 1. The molecule has 3 atom stereocenters. The lowest BCUT2D eigenvalue weighted by Gasteiger charge is -2.30. The number of anilines is 1. The Balaban J connectivity index is 1.31. The Morgan fingerprint density at radius 1 is 1.05 bits per heavy atom. The van der Waals surface area contributed by atoms with Crippen LogP contribution in [0.4, 0.5) is 28.0 Å². The standard InChI is InChI=1S/C31H32ClF4N3O4/c32-22-9-4-8-21(14-22)26(20-6-2-1-3-7-20)15-29(40)39-28-11-5-10-27(33)25(28)13-12-24-16-37-23(17-42-24)18-43-30(41)38-19-31(34,35)36/h1-11,14,23-24,26,37H,12-13,15-19H2,(H,38,41)(H,39,40)/t23-,24+,26+/m0/s1. The van der Waals surface area contributed by atoms with Crippen LogP contribution in [-0.2, 0) is 20.7 Å². The smallest absolute Gasteiger partial charge is 0.407 e. The molecule has 1 fully saturated rings. The van der Waals surface area contributed by atoms with Gasteiger partial charge in [-0.15, -0.1) is 0 Å². The first-order chi connectivity index (χ1) is 20.6. The monoisotopic (exact) mass is 621 g/mol. The van der Waals surface area contributed by atoms with Crippen molar-refractivity contribution in [2.45, 2.75) is 43.5 Å². The third kappa shape index (κ3) is 10.2. The van der Waals surface area contributed by atoms with Gasteiger partial charge in [0.05, 0.1) is 18.8 Å². The average Bonchev–Trinajstić information content (AvgIpc) is 2.98. The van der Waals surface area contributed by atoms with Gasteiger partial charge in [0.15, 0.2) is 0 Å². The Kier molecular flexibility index (Phi) is 11.4. The van der Waals surface area contributed by atoms with E-state index >= 15 is 0 Å². The highest BCUT2D eigenvalue weighted by molar-refractivity contribution is 6.30. The van der Waals surface area contributed by atoms with E-state index < -0.39 is 30.7 Å². The molecule has 1 aliphatic rings. The predicted octanol–water partition coefficient (Wildman–Crippen LogP) is 6.22. The van der Waals surface area contributed by atoms with Gasteiger partial charge in [0, 0.05) is 35.2 Å². The largest absolute Gasteiger partial charge is 0.448 e. The molecule has 43 heavy (non-hydrogen) atoms. The molecule has 0 saturated carbocycles. The summed E-state index contributed by atoms with van der Waals surface area (Å²) in [5.74, 6) is -0.989. The Labute approximate surface area is 251 Å². The summed E-state index contributed by atoms with van der Waals surface area (Å²) in [4.78, 5) is 24.7. The van der Waals surface area contributed by atoms with Crippen molar-refractivity contribution in [3.05, 3.63) is 100 Å². The third-order valence-corrected chi connectivity index (χ3v) is 7.20. The number of carbonyl (C=O) groups is 2. The number of ether oxygens (including phenoxy) is 2. The van der Waals surface area contributed by atoms with E-state index in [1.807, 2.05) is 48.5 Å². The molecule has 4 rings (SSSR count). The summed E-state index contributed by atoms with van der Waals surface area (Å²) in [5, 5.41) is 8.21. The van der Waals surface area contributed by atoms with Crippen molar-refractivity contribution in [2.75, 3.05) is 31.6 Å². The molecule has 7 nitrogen and oxygen atoms in total. The van der Waals surface area contributed by atoms with Crippen molar-refractivity contribution in [1.29, 1.82) is 0 Å². The third-order valence-electron chi connectivity index (χ3n) is 6.97. The Hall–Kier alpha value is -3.67. The van der Waals surface area contributed by atoms with Gasteiger partial charge in [-0.25, -0.2) is 9.18 Å². The van der Waals surface area contributed by atoms with Gasteiger partial charge in [-0.2, -0.15) is 13.2 Å². The maximum Gasteiger partial charge on any atom is 0.407 e. The van der Waals surface area contributed by atoms with E-state index in [4.69, 9.17) is 21.1 Å². The van der Waals surface area contributed by atoms with Gasteiger partial charge < -0.3 is 25.4 Å². The van der Waals surface area contributed by atoms with E-state index in [-0.39, 0.29) is 44.0 Å². The van der Waals surface area contributed by atoms with Gasteiger partial charge >= 0.3 is 12.3 Å². The number of rotatable bonds is 11. The van der Waals surface area contributed by atoms with Crippen LogP contribution in [0.3, 0.4) is 0 Å². The van der Waals surface area contributed by atoms with Gasteiger partial charge in [0.2, 0.25) is 5.91 Å². The van der Waals surface area contributed by atoms with Crippen LogP contribution in [0.5, 0.6) is 0 Å². The number of alkyl carbamates (subject to hydrolysis) is 1. The Bertz CT molecular complexity index is 1370. The van der Waals surface area contributed by atoms with Crippen LogP contribution in [0.1, 0.15) is 35.4 Å². The van der Waals surface area contributed by atoms with Crippen LogP contribution in [0.2, 0.25) is 5.02 Å². The number of hydrogen-bond acceptors (Lipinski definition) is 5. The molecule has 0 bridgehead atoms. The number of benzene rings is 3. The molecule has 1 heterocycles. The van der Waals surface area contributed by atoms with Crippen LogP contribution >= 0.6 is 11.6 Å². The number of nitrogens with one attached hydrogen (secondary N) is 3. The minimum atomic E-state index is -4.53. The fraction of sp³-hybridized carbons (Fsp3) is 0.355. The molecule has 230 valence electrons. The second kappa shape index (κ2) is 15.2. The predicted molar refractivity (Wildman–Crippen MR) is 155 cm³/mol. The summed E-state index contributed by atoms with van der Waals surface area (Å²) in [6.45, 7) is -1.12. The molecule has 3 aromatic carbocycles. The van der Waals surface area contributed by atoms with Crippen LogP contribution < -0.4 is 16.0 Å². The normalized spacial score (nSPS) is 17.6. The van der Waals surface area contributed by atoms with Crippen molar-refractivity contribution < 1.29 is 36.6 Å². The summed E-state index contributed by atoms with van der Waals surface area (Å²) >= 11 is 6.23. The highest BCUT2D eigenvalue weighted by atomic mass is 35.5. The zero-order valence-electron chi connectivity index (χ0n) is 23.1. The van der Waals surface area contributed by atoms with Crippen LogP contribution in [0.25, 0.3) is 0 Å². The first-order valence-electron chi connectivity index (χ1n) is 13.8. The second-order valence-electron chi connectivity index (χ2n) is 10.2. The molecular formula is C31H32ClF4N3O4. The minimum absolute atomic E-state index is 0.119. The molecule has 1 saturated heterocycles. The minimum Gasteiger partial charge on any atom is -0.448 e. The molecule has 0 aliphatic carbocycles. The topological polar surface area (TPSA) is 88.7 Å². The highest BCUT2D eigenvalue weighted by Gasteiger charge is 2.29. The maximum absolute atomic E-state index is 14.9. The van der Waals surface area contributed by atoms with Crippen molar-refractivity contribution in [3.63, 3.8) is 0 Å². The van der Waals surface area contributed by atoms with E-state index in [0.29, 0.717) is 29.2 Å². The molecule has 3 N–H and O–H groups in total. The van der Waals surface area contributed by atoms with Gasteiger partial charge in [-0.3, -0.25) is 4.79 Å². The average molecular weight is 622 g/mol. The number of halogens is 5. The van der Waals surface area contributed by atoms with Crippen LogP contribution in [-0.4, -0.2) is 56.6 Å². The van der Waals surface area contributed by atoms with Crippen LogP contribution in [0, 0.1) is 5.82 Å². The summed E-state index contributed by atoms with van der Waals surface area (Å²) in [6, 6.07) is 21.1. The summed E-state index contributed by atoms with van der Waals surface area (Å²) in [7, 11) is 0. The number of amides is 2. The summed E-state index contributed by atoms with van der Waals surface area (Å²) < 4.78 is 62.1. The van der Waals surface area contributed by atoms with Crippen molar-refractivity contribution in [1.82, 2.24) is 10.6 Å². The lowest BCUT2D eigenvalue weighted by Crippen LogP contribution is -2.49. The molecule has 2 amide bonds. The van der Waals surface area contributed by atoms with E-state index in [0.717, 1.165) is 11.1 Å². The lowest BCUT2D eigenvalue weighted by atomic mass is 9.88. The van der Waals surface area contributed by atoms with Gasteiger partial charge in [0.1, 0.15) is 19.0 Å². The van der Waals surface area contributed by atoms with E-state index in [1.54, 1.807) is 17.4 Å². The fourth-order valence-corrected chi connectivity index (χ4v) is 5.02. The Morgan fingerprint density at radius 3 is 2.49 bits per heavy atom. The van der Waals surface area contributed by atoms with Crippen LogP contribution in [0.15, 0.2) is 72.8 Å². The fourth-order valence-electron chi connectivity index (χ4n) is 4.82. The highest BCUT2D eigenvalue weighted by Crippen LogP contribution is 2.31. The Morgan fingerprint density at radius 2 is 1.79 bits per heavy atom. The molecule has 12 heteroatoms. The molecule has 0 aromatic heterocycles. The van der Waals surface area contributed by atoms with Crippen molar-refractivity contribution >= 4 is 29.3 Å². The number of carbonyl (C=O) groups excluding carboxylic acids is 2. The SMILES string of the molecule is O=C(C[C@H](c1ccccc1)c1cccc(Cl)c1)Nc1cccc(F)c1CC[C@@H]1CN[C@H](COC(=O)NCC(F)(F)F)CO1. The quantitative estimate of drug-likeness (QED) is 0.221. The molecule has 0 radical (unpaired) electrons. The second-order valence-corrected chi connectivity index (χ2v) is 10.6. The van der Waals surface area contributed by atoms with Gasteiger partial charge in [0.25, 0.3) is 0 Å². The summed E-state index contributed by atoms with van der Waals surface area (Å²) in [6.07, 6.45) is -5.14. The molecule has 3 aromatic rings.